The molecule has 1 saturated heterocycles. The standard InChI is InChI=1S/C22H30N4O5/c1-15(27)26-12-4-3-5-20(26)22(30)25-19(11-8-17(28)13-23)21(29)24-14-16-6-9-18(31-2)10-7-16/h6-7,9-10,13,19-20,23H,3-5,8,11-12,14H2,1-2H3,(H,24,29)(H,25,30)/t19-,20-/m0/s1. The lowest BCUT2D eigenvalue weighted by Gasteiger charge is -2.34. The van der Waals surface area contributed by atoms with E-state index >= 15 is 0 Å². The van der Waals surface area contributed by atoms with Crippen molar-refractivity contribution in [1.82, 2.24) is 15.5 Å². The topological polar surface area (TPSA) is 129 Å². The number of hydrogen-bond acceptors (Lipinski definition) is 6. The molecule has 0 saturated carbocycles. The fourth-order valence-corrected chi connectivity index (χ4v) is 3.53. The van der Waals surface area contributed by atoms with Gasteiger partial charge in [0, 0.05) is 26.4 Å². The van der Waals surface area contributed by atoms with Crippen molar-refractivity contribution < 1.29 is 23.9 Å². The normalized spacial score (nSPS) is 16.7. The number of ketones is 1. The van der Waals surface area contributed by atoms with Crippen LogP contribution in [0.4, 0.5) is 0 Å². The zero-order chi connectivity index (χ0) is 22.8. The van der Waals surface area contributed by atoms with E-state index in [0.29, 0.717) is 24.9 Å². The van der Waals surface area contributed by atoms with Crippen LogP contribution in [0, 0.1) is 5.41 Å². The Kier molecular flexibility index (Phi) is 9.17. The smallest absolute Gasteiger partial charge is 0.243 e. The second kappa shape index (κ2) is 11.8. The molecule has 1 heterocycles. The molecule has 2 atom stereocenters. The number of piperidine rings is 1. The minimum atomic E-state index is -0.939. The molecular formula is C22H30N4O5. The molecule has 0 unspecified atom stereocenters. The Morgan fingerprint density at radius 3 is 2.55 bits per heavy atom. The Bertz CT molecular complexity index is 809. The van der Waals surface area contributed by atoms with E-state index in [4.69, 9.17) is 10.1 Å². The van der Waals surface area contributed by atoms with Crippen molar-refractivity contribution in [3.63, 3.8) is 0 Å². The maximum absolute atomic E-state index is 12.9. The van der Waals surface area contributed by atoms with Gasteiger partial charge in [0.25, 0.3) is 0 Å². The average Bonchev–Trinajstić information content (AvgIpc) is 2.79. The molecule has 0 aromatic heterocycles. The molecule has 0 bridgehead atoms. The summed E-state index contributed by atoms with van der Waals surface area (Å²) in [6, 6.07) is 5.63. The summed E-state index contributed by atoms with van der Waals surface area (Å²) in [7, 11) is 1.57. The summed E-state index contributed by atoms with van der Waals surface area (Å²) < 4.78 is 5.11. The van der Waals surface area contributed by atoms with Crippen LogP contribution >= 0.6 is 0 Å². The number of rotatable bonds is 10. The number of hydrogen-bond donors (Lipinski definition) is 3. The van der Waals surface area contributed by atoms with Crippen LogP contribution in [0.3, 0.4) is 0 Å². The van der Waals surface area contributed by atoms with Gasteiger partial charge in [-0.2, -0.15) is 0 Å². The quantitative estimate of drug-likeness (QED) is 0.481. The number of nitrogens with zero attached hydrogens (tertiary/aromatic N) is 1. The Balaban J connectivity index is 2.04. The van der Waals surface area contributed by atoms with Crippen LogP contribution in [0.1, 0.15) is 44.6 Å². The van der Waals surface area contributed by atoms with Gasteiger partial charge in [-0.05, 0) is 43.4 Å². The first-order valence-electron chi connectivity index (χ1n) is 10.4. The number of likely N-dealkylation sites (tertiary alicyclic amines) is 1. The van der Waals surface area contributed by atoms with E-state index in [9.17, 15) is 19.2 Å². The number of benzene rings is 1. The van der Waals surface area contributed by atoms with Gasteiger partial charge in [0.15, 0.2) is 5.78 Å². The van der Waals surface area contributed by atoms with Crippen LogP contribution < -0.4 is 15.4 Å². The molecule has 1 fully saturated rings. The zero-order valence-electron chi connectivity index (χ0n) is 18.0. The molecule has 3 N–H and O–H groups in total. The first-order valence-corrected chi connectivity index (χ1v) is 10.4. The molecule has 0 spiro atoms. The van der Waals surface area contributed by atoms with Gasteiger partial charge in [0.1, 0.15) is 17.8 Å². The number of Topliss-reactive ketones (excluding diaryl/α,β-unsaturated/α-hetero) is 1. The molecule has 9 heteroatoms. The van der Waals surface area contributed by atoms with Gasteiger partial charge in [-0.1, -0.05) is 12.1 Å². The Morgan fingerprint density at radius 1 is 1.23 bits per heavy atom. The van der Waals surface area contributed by atoms with E-state index in [1.54, 1.807) is 19.2 Å². The van der Waals surface area contributed by atoms with Crippen molar-refractivity contribution in [2.75, 3.05) is 13.7 Å². The van der Waals surface area contributed by atoms with Crippen molar-refractivity contribution in [3.8, 4) is 5.75 Å². The lowest BCUT2D eigenvalue weighted by Crippen LogP contribution is -2.56. The van der Waals surface area contributed by atoms with Crippen LogP contribution in [0.15, 0.2) is 24.3 Å². The number of carbonyl (C=O) groups excluding carboxylic acids is 4. The third-order valence-electron chi connectivity index (χ3n) is 5.31. The SMILES string of the molecule is COc1ccc(CNC(=O)[C@H](CCC(=O)C=N)NC(=O)[C@@H]2CCCCN2C(C)=O)cc1. The second-order valence-electron chi connectivity index (χ2n) is 7.50. The zero-order valence-corrected chi connectivity index (χ0v) is 18.0. The highest BCUT2D eigenvalue weighted by molar-refractivity contribution is 6.26. The molecule has 9 nitrogen and oxygen atoms in total. The van der Waals surface area contributed by atoms with E-state index in [1.165, 1.54) is 11.8 Å². The van der Waals surface area contributed by atoms with Gasteiger partial charge in [0.05, 0.1) is 13.3 Å². The number of ether oxygens (including phenoxy) is 1. The second-order valence-corrected chi connectivity index (χ2v) is 7.50. The maximum Gasteiger partial charge on any atom is 0.243 e. The molecule has 0 aliphatic carbocycles. The first kappa shape index (κ1) is 24.0. The summed E-state index contributed by atoms with van der Waals surface area (Å²) in [6.07, 6.45) is 2.93. The average molecular weight is 431 g/mol. The van der Waals surface area contributed by atoms with Crippen molar-refractivity contribution in [1.29, 1.82) is 5.41 Å². The van der Waals surface area contributed by atoms with Gasteiger partial charge in [0.2, 0.25) is 17.7 Å². The predicted molar refractivity (Wildman–Crippen MR) is 115 cm³/mol. The van der Waals surface area contributed by atoms with Crippen LogP contribution in [-0.4, -0.2) is 60.4 Å². The van der Waals surface area contributed by atoms with Crippen LogP contribution in [0.25, 0.3) is 0 Å². The molecule has 0 radical (unpaired) electrons. The summed E-state index contributed by atoms with van der Waals surface area (Å²) in [5.41, 5.74) is 0.852. The highest BCUT2D eigenvalue weighted by atomic mass is 16.5. The van der Waals surface area contributed by atoms with Crippen molar-refractivity contribution in [3.05, 3.63) is 29.8 Å². The largest absolute Gasteiger partial charge is 0.497 e. The van der Waals surface area contributed by atoms with Gasteiger partial charge in [-0.25, -0.2) is 0 Å². The molecule has 1 aromatic carbocycles. The molecule has 3 amide bonds. The monoisotopic (exact) mass is 430 g/mol. The van der Waals surface area contributed by atoms with Gasteiger partial charge in [-0.15, -0.1) is 0 Å². The minimum absolute atomic E-state index is 0.0362. The summed E-state index contributed by atoms with van der Waals surface area (Å²) in [5.74, 6) is -0.730. The summed E-state index contributed by atoms with van der Waals surface area (Å²) in [4.78, 5) is 50.6. The molecular weight excluding hydrogens is 400 g/mol. The van der Waals surface area contributed by atoms with Gasteiger partial charge >= 0.3 is 0 Å². The number of methoxy groups -OCH3 is 1. The molecule has 168 valence electrons. The maximum atomic E-state index is 12.9. The van der Waals surface area contributed by atoms with Gasteiger partial charge < -0.3 is 25.7 Å². The van der Waals surface area contributed by atoms with E-state index in [0.717, 1.165) is 18.4 Å². The van der Waals surface area contributed by atoms with Crippen molar-refractivity contribution in [2.24, 2.45) is 0 Å². The van der Waals surface area contributed by atoms with E-state index in [1.807, 2.05) is 12.1 Å². The molecule has 31 heavy (non-hydrogen) atoms. The minimum Gasteiger partial charge on any atom is -0.497 e. The molecule has 1 aromatic rings. The lowest BCUT2D eigenvalue weighted by molar-refractivity contribution is -0.141. The fraction of sp³-hybridized carbons (Fsp3) is 0.500. The van der Waals surface area contributed by atoms with Crippen LogP contribution in [0.5, 0.6) is 5.75 Å². The van der Waals surface area contributed by atoms with E-state index < -0.39 is 29.7 Å². The number of carbonyl (C=O) groups is 4. The van der Waals surface area contributed by atoms with E-state index in [2.05, 4.69) is 10.6 Å². The van der Waals surface area contributed by atoms with Crippen molar-refractivity contribution >= 4 is 29.7 Å². The van der Waals surface area contributed by atoms with Crippen LogP contribution in [0.2, 0.25) is 0 Å². The summed E-state index contributed by atoms with van der Waals surface area (Å²) >= 11 is 0. The molecule has 1 aliphatic rings. The highest BCUT2D eigenvalue weighted by Crippen LogP contribution is 2.18. The highest BCUT2D eigenvalue weighted by Gasteiger charge is 2.32. The third kappa shape index (κ3) is 7.20. The molecule has 2 rings (SSSR count). The summed E-state index contributed by atoms with van der Waals surface area (Å²) in [6.45, 7) is 2.18. The van der Waals surface area contributed by atoms with Crippen LogP contribution in [-0.2, 0) is 25.7 Å². The predicted octanol–water partition coefficient (Wildman–Crippen LogP) is 1.20. The third-order valence-corrected chi connectivity index (χ3v) is 5.31. The lowest BCUT2D eigenvalue weighted by atomic mass is 10.00. The van der Waals surface area contributed by atoms with Crippen molar-refractivity contribution in [2.45, 2.75) is 57.7 Å². The fourth-order valence-electron chi connectivity index (χ4n) is 3.53. The number of nitrogens with one attached hydrogen (secondary N) is 3. The Morgan fingerprint density at radius 2 is 1.94 bits per heavy atom. The van der Waals surface area contributed by atoms with Gasteiger partial charge in [-0.3, -0.25) is 19.2 Å². The van der Waals surface area contributed by atoms with E-state index in [-0.39, 0.29) is 25.3 Å². The Labute approximate surface area is 182 Å². The molecule has 1 aliphatic heterocycles. The Hall–Kier alpha value is -3.23. The number of amides is 3. The summed E-state index contributed by atoms with van der Waals surface area (Å²) in [5, 5.41) is 12.5. The first-order chi connectivity index (χ1) is 14.8.